The van der Waals surface area contributed by atoms with Gasteiger partial charge in [-0.15, -0.1) is 9.24 Å². The molecule has 0 aliphatic heterocycles. The van der Waals surface area contributed by atoms with Crippen molar-refractivity contribution in [2.75, 3.05) is 0 Å². The molecule has 0 radical (unpaired) electrons. The van der Waals surface area contributed by atoms with Crippen LogP contribution in [0.25, 0.3) is 0 Å². The number of carboxylic acids is 1. The van der Waals surface area contributed by atoms with Crippen molar-refractivity contribution in [1.29, 1.82) is 0 Å². The molecule has 1 unspecified atom stereocenters. The number of rotatable bonds is 4. The van der Waals surface area contributed by atoms with Crippen LogP contribution in [0.4, 0.5) is 0 Å². The van der Waals surface area contributed by atoms with Gasteiger partial charge >= 0.3 is 5.97 Å². The van der Waals surface area contributed by atoms with Crippen LogP contribution in [0.15, 0.2) is 30.5 Å². The first kappa shape index (κ1) is 14.2. The van der Waals surface area contributed by atoms with Gasteiger partial charge in [-0.25, -0.2) is 9.78 Å². The number of aromatic nitrogens is 1. The van der Waals surface area contributed by atoms with Gasteiger partial charge in [-0.05, 0) is 23.0 Å². The molecule has 1 atom stereocenters. The number of nitrogens with zero attached hydrogens (tertiary/aromatic N) is 1. The molecular formula is C13H12NO5P. The second-order valence-electron chi connectivity index (χ2n) is 3.97. The number of carbonyl (C=O) groups is 1. The Kier molecular flexibility index (Phi) is 4.17. The monoisotopic (exact) mass is 293 g/mol. The van der Waals surface area contributed by atoms with Crippen LogP contribution < -0.4 is 10.0 Å². The van der Waals surface area contributed by atoms with Crippen LogP contribution in [0.1, 0.15) is 15.9 Å². The first-order valence-electron chi connectivity index (χ1n) is 5.60. The van der Waals surface area contributed by atoms with Crippen molar-refractivity contribution in [1.82, 2.24) is 4.98 Å². The number of aliphatic hydroxyl groups is 1. The summed E-state index contributed by atoms with van der Waals surface area (Å²) < 4.78 is 5.37. The van der Waals surface area contributed by atoms with Crippen molar-refractivity contribution in [3.63, 3.8) is 0 Å². The van der Waals surface area contributed by atoms with Crippen LogP contribution in [0.3, 0.4) is 0 Å². The van der Waals surface area contributed by atoms with Gasteiger partial charge in [0.2, 0.25) is 0 Å². The number of aliphatic hydroxyl groups excluding tert-OH is 1. The lowest BCUT2D eigenvalue weighted by molar-refractivity contribution is 0.0696. The summed E-state index contributed by atoms with van der Waals surface area (Å²) in [6.45, 7) is -0.145. The molecule has 1 aromatic heterocycles. The highest BCUT2D eigenvalue weighted by atomic mass is 31.0. The van der Waals surface area contributed by atoms with Crippen molar-refractivity contribution in [3.05, 3.63) is 41.6 Å². The number of hydrogen-bond donors (Lipinski definition) is 3. The van der Waals surface area contributed by atoms with Gasteiger partial charge in [-0.2, -0.15) is 0 Å². The maximum atomic E-state index is 10.7. The normalized spacial score (nSPS) is 10.3. The van der Waals surface area contributed by atoms with E-state index in [1.807, 2.05) is 0 Å². The molecule has 0 saturated heterocycles. The Hall–Kier alpha value is -2.17. The first-order chi connectivity index (χ1) is 9.51. The number of carboxylic acid groups (broad SMARTS) is 1. The lowest BCUT2D eigenvalue weighted by atomic mass is 10.2. The largest absolute Gasteiger partial charge is 0.503 e. The fraction of sp³-hybridized carbons (Fsp3) is 0.0769. The number of ether oxygens (including phenoxy) is 1. The molecule has 0 fully saturated rings. The van der Waals surface area contributed by atoms with E-state index >= 15 is 0 Å². The Morgan fingerprint density at radius 2 is 2.10 bits per heavy atom. The van der Waals surface area contributed by atoms with Crippen LogP contribution in [-0.2, 0) is 6.61 Å². The van der Waals surface area contributed by atoms with E-state index in [9.17, 15) is 9.90 Å². The Labute approximate surface area is 116 Å². The van der Waals surface area contributed by atoms with Gasteiger partial charge < -0.3 is 20.1 Å². The highest BCUT2D eigenvalue weighted by molar-refractivity contribution is 7.27. The molecular weight excluding hydrogens is 281 g/mol. The summed E-state index contributed by atoms with van der Waals surface area (Å²) in [6, 6.07) is 6.04. The summed E-state index contributed by atoms with van der Waals surface area (Å²) in [4.78, 5) is 14.5. The number of aromatic hydroxyl groups is 1. The van der Waals surface area contributed by atoms with E-state index in [1.165, 1.54) is 0 Å². The molecule has 0 amide bonds. The minimum absolute atomic E-state index is 0.101. The predicted molar refractivity (Wildman–Crippen MR) is 74.6 cm³/mol. The zero-order valence-corrected chi connectivity index (χ0v) is 11.4. The molecule has 0 saturated carbocycles. The predicted octanol–water partition coefficient (Wildman–Crippen LogP) is 1.27. The van der Waals surface area contributed by atoms with Gasteiger partial charge in [0.25, 0.3) is 5.88 Å². The molecule has 0 spiro atoms. The van der Waals surface area contributed by atoms with Gasteiger partial charge in [-0.1, -0.05) is 6.07 Å². The zero-order valence-electron chi connectivity index (χ0n) is 10.3. The third-order valence-corrected chi connectivity index (χ3v) is 3.14. The Balaban J connectivity index is 2.28. The molecule has 0 aliphatic carbocycles. The topological polar surface area (TPSA) is 99.9 Å². The molecule has 104 valence electrons. The summed E-state index contributed by atoms with van der Waals surface area (Å²) in [7, 11) is 2.48. The van der Waals surface area contributed by atoms with Crippen LogP contribution in [0.5, 0.6) is 17.4 Å². The Morgan fingerprint density at radius 1 is 1.35 bits per heavy atom. The van der Waals surface area contributed by atoms with Crippen molar-refractivity contribution >= 4 is 20.5 Å². The van der Waals surface area contributed by atoms with Crippen LogP contribution in [-0.4, -0.2) is 26.3 Å². The van der Waals surface area contributed by atoms with Crippen molar-refractivity contribution in [2.45, 2.75) is 6.61 Å². The second-order valence-corrected chi connectivity index (χ2v) is 4.60. The van der Waals surface area contributed by atoms with Gasteiger partial charge in [0, 0.05) is 12.3 Å². The van der Waals surface area contributed by atoms with E-state index in [0.717, 1.165) is 17.6 Å². The second kappa shape index (κ2) is 5.86. The average molecular weight is 293 g/mol. The summed E-state index contributed by atoms with van der Waals surface area (Å²) in [5, 5.41) is 28.4. The number of hydrogen-bond acceptors (Lipinski definition) is 5. The van der Waals surface area contributed by atoms with E-state index in [2.05, 4.69) is 14.2 Å². The number of pyridine rings is 1. The van der Waals surface area contributed by atoms with Crippen LogP contribution in [0, 0.1) is 0 Å². The highest BCUT2D eigenvalue weighted by Gasteiger charge is 2.11. The molecule has 6 nitrogen and oxygen atoms in total. The lowest BCUT2D eigenvalue weighted by Gasteiger charge is -2.09. The van der Waals surface area contributed by atoms with E-state index in [4.69, 9.17) is 14.9 Å². The minimum Gasteiger partial charge on any atom is -0.503 e. The smallest absolute Gasteiger partial charge is 0.337 e. The standard InChI is InChI=1S/C13H12NO5P/c15-6-8-3-9(1-2-11(8)20)19-12-10(16)4-7(5-14-12)13(17)18/h1-5,15-16H,6,20H2,(H,17,18). The maximum absolute atomic E-state index is 10.7. The van der Waals surface area contributed by atoms with E-state index in [0.29, 0.717) is 11.3 Å². The number of benzene rings is 1. The Bertz CT molecular complexity index is 659. The zero-order chi connectivity index (χ0) is 14.7. The molecule has 0 aliphatic rings. The maximum Gasteiger partial charge on any atom is 0.337 e. The number of aromatic carboxylic acids is 1. The summed E-state index contributed by atoms with van der Waals surface area (Å²) >= 11 is 0. The van der Waals surface area contributed by atoms with Gasteiger partial charge in [-0.3, -0.25) is 0 Å². The van der Waals surface area contributed by atoms with Crippen molar-refractivity contribution < 1.29 is 24.9 Å². The van der Waals surface area contributed by atoms with E-state index < -0.39 is 5.97 Å². The average Bonchev–Trinajstić information content (AvgIpc) is 2.42. The molecule has 20 heavy (non-hydrogen) atoms. The molecule has 7 heteroatoms. The van der Waals surface area contributed by atoms with Gasteiger partial charge in [0.05, 0.1) is 12.2 Å². The Morgan fingerprint density at radius 3 is 2.70 bits per heavy atom. The molecule has 2 aromatic rings. The molecule has 0 bridgehead atoms. The van der Waals surface area contributed by atoms with Crippen molar-refractivity contribution in [2.24, 2.45) is 0 Å². The first-order valence-corrected chi connectivity index (χ1v) is 6.18. The van der Waals surface area contributed by atoms with Crippen molar-refractivity contribution in [3.8, 4) is 17.4 Å². The minimum atomic E-state index is -1.19. The quantitative estimate of drug-likeness (QED) is 0.734. The highest BCUT2D eigenvalue weighted by Crippen LogP contribution is 2.29. The lowest BCUT2D eigenvalue weighted by Crippen LogP contribution is -2.02. The fourth-order valence-corrected chi connectivity index (χ4v) is 1.80. The third kappa shape index (κ3) is 3.04. The van der Waals surface area contributed by atoms with Gasteiger partial charge in [0.1, 0.15) is 5.75 Å². The summed E-state index contributed by atoms with van der Waals surface area (Å²) in [5.74, 6) is -1.28. The van der Waals surface area contributed by atoms with E-state index in [1.54, 1.807) is 18.2 Å². The van der Waals surface area contributed by atoms with E-state index in [-0.39, 0.29) is 23.8 Å². The molecule has 2 rings (SSSR count). The molecule has 1 heterocycles. The molecule has 1 aromatic carbocycles. The summed E-state index contributed by atoms with van der Waals surface area (Å²) in [5.41, 5.74) is 0.528. The van der Waals surface area contributed by atoms with Crippen LogP contribution >= 0.6 is 9.24 Å². The third-order valence-electron chi connectivity index (χ3n) is 2.58. The summed E-state index contributed by atoms with van der Waals surface area (Å²) in [6.07, 6.45) is 1.09. The molecule has 3 N–H and O–H groups in total. The van der Waals surface area contributed by atoms with Gasteiger partial charge in [0.15, 0.2) is 5.75 Å². The van der Waals surface area contributed by atoms with Crippen LogP contribution in [0.2, 0.25) is 0 Å². The fourth-order valence-electron chi connectivity index (χ4n) is 1.53. The SMILES string of the molecule is O=C(O)c1cnc(Oc2ccc(P)c(CO)c2)c(O)c1.